The smallest absolute Gasteiger partial charge is 0.251 e. The molecule has 1 aliphatic carbocycles. The lowest BCUT2D eigenvalue weighted by Crippen LogP contribution is -2.55. The minimum atomic E-state index is -0.770. The lowest BCUT2D eigenvalue weighted by molar-refractivity contribution is -0.136. The van der Waals surface area contributed by atoms with E-state index in [2.05, 4.69) is 16.3 Å². The van der Waals surface area contributed by atoms with E-state index >= 15 is 0 Å². The molecule has 0 radical (unpaired) electrons. The second-order valence-electron chi connectivity index (χ2n) is 12.0. The molecule has 3 atom stereocenters. The molecule has 3 N–H and O–H groups in total. The van der Waals surface area contributed by atoms with E-state index in [4.69, 9.17) is 5.73 Å². The average molecular weight is 547 g/mol. The summed E-state index contributed by atoms with van der Waals surface area (Å²) in [5.41, 5.74) is 8.59. The van der Waals surface area contributed by atoms with Gasteiger partial charge in [-0.05, 0) is 61.8 Å². The summed E-state index contributed by atoms with van der Waals surface area (Å²) < 4.78 is 0. The van der Waals surface area contributed by atoms with E-state index in [1.54, 1.807) is 0 Å². The summed E-state index contributed by atoms with van der Waals surface area (Å²) in [6.45, 7) is 7.02. The van der Waals surface area contributed by atoms with Gasteiger partial charge < -0.3 is 20.9 Å². The summed E-state index contributed by atoms with van der Waals surface area (Å²) in [5, 5.41) is 3.13. The van der Waals surface area contributed by atoms with Gasteiger partial charge in [0.15, 0.2) is 0 Å². The Morgan fingerprint density at radius 2 is 1.60 bits per heavy atom. The Labute approximate surface area is 239 Å². The Morgan fingerprint density at radius 1 is 0.950 bits per heavy atom. The van der Waals surface area contributed by atoms with Crippen molar-refractivity contribution in [3.8, 4) is 0 Å². The highest BCUT2D eigenvalue weighted by atomic mass is 16.2. The SMILES string of the molecule is CCC[C@H](C(N)=O)[C@@H](CC(C)C)C(=O)NC1CN(c2ccccc2)c2ccccc2N(CC2CCCCC2)C1=O. The van der Waals surface area contributed by atoms with Gasteiger partial charge in [0.25, 0.3) is 5.91 Å². The number of hydrogen-bond donors (Lipinski definition) is 2. The van der Waals surface area contributed by atoms with Crippen molar-refractivity contribution in [2.75, 3.05) is 22.9 Å². The minimum Gasteiger partial charge on any atom is -0.369 e. The first-order chi connectivity index (χ1) is 19.3. The molecule has 0 bridgehead atoms. The van der Waals surface area contributed by atoms with E-state index in [0.717, 1.165) is 36.3 Å². The lowest BCUT2D eigenvalue weighted by atomic mass is 9.81. The highest BCUT2D eigenvalue weighted by Crippen LogP contribution is 2.39. The summed E-state index contributed by atoms with van der Waals surface area (Å²) in [5.74, 6) is -1.32. The second kappa shape index (κ2) is 13.8. The summed E-state index contributed by atoms with van der Waals surface area (Å²) in [4.78, 5) is 44.8. The van der Waals surface area contributed by atoms with E-state index in [1.165, 1.54) is 19.3 Å². The highest BCUT2D eigenvalue weighted by Gasteiger charge is 2.39. The number of nitrogens with one attached hydrogen (secondary N) is 1. The molecule has 2 aromatic rings. The Bertz CT molecular complexity index is 1150. The van der Waals surface area contributed by atoms with Gasteiger partial charge in [-0.1, -0.05) is 76.8 Å². The zero-order valence-electron chi connectivity index (χ0n) is 24.4. The number of rotatable bonds is 11. The van der Waals surface area contributed by atoms with Crippen molar-refractivity contribution in [3.63, 3.8) is 0 Å². The fraction of sp³-hybridized carbons (Fsp3) is 0.545. The Kier molecular flexibility index (Phi) is 10.2. The van der Waals surface area contributed by atoms with Crippen LogP contribution in [0, 0.1) is 23.7 Å². The Morgan fingerprint density at radius 3 is 2.23 bits per heavy atom. The van der Waals surface area contributed by atoms with E-state index in [9.17, 15) is 14.4 Å². The maximum absolute atomic E-state index is 14.4. The van der Waals surface area contributed by atoms with Gasteiger partial charge >= 0.3 is 0 Å². The quantitative estimate of drug-likeness (QED) is 0.372. The van der Waals surface area contributed by atoms with Gasteiger partial charge in [-0.3, -0.25) is 14.4 Å². The van der Waals surface area contributed by atoms with Crippen molar-refractivity contribution < 1.29 is 14.4 Å². The number of nitrogens with zero attached hydrogens (tertiary/aromatic N) is 2. The number of nitrogens with two attached hydrogens (primary N) is 1. The molecule has 0 aromatic heterocycles. The molecule has 1 aliphatic heterocycles. The fourth-order valence-corrected chi connectivity index (χ4v) is 6.46. The van der Waals surface area contributed by atoms with Crippen LogP contribution in [0.5, 0.6) is 0 Å². The van der Waals surface area contributed by atoms with Crippen molar-refractivity contribution in [2.45, 2.75) is 78.2 Å². The van der Waals surface area contributed by atoms with Crippen molar-refractivity contribution in [3.05, 3.63) is 54.6 Å². The number of primary amides is 1. The van der Waals surface area contributed by atoms with Crippen molar-refractivity contribution in [1.29, 1.82) is 0 Å². The molecule has 2 aliphatic rings. The molecule has 1 fully saturated rings. The monoisotopic (exact) mass is 546 g/mol. The van der Waals surface area contributed by atoms with Gasteiger partial charge in [0, 0.05) is 24.1 Å². The van der Waals surface area contributed by atoms with E-state index in [-0.39, 0.29) is 17.7 Å². The molecule has 7 nitrogen and oxygen atoms in total. The van der Waals surface area contributed by atoms with Gasteiger partial charge in [0.05, 0.1) is 17.9 Å². The number of hydrogen-bond acceptors (Lipinski definition) is 4. The number of anilines is 3. The fourth-order valence-electron chi connectivity index (χ4n) is 6.46. The molecule has 0 spiro atoms. The summed E-state index contributed by atoms with van der Waals surface area (Å²) in [6, 6.07) is 17.3. The minimum absolute atomic E-state index is 0.0979. The normalized spacial score (nSPS) is 19.6. The summed E-state index contributed by atoms with van der Waals surface area (Å²) in [6.07, 6.45) is 7.68. The lowest BCUT2D eigenvalue weighted by Gasteiger charge is -2.32. The first-order valence-corrected chi connectivity index (χ1v) is 15.1. The average Bonchev–Trinajstić information content (AvgIpc) is 3.06. The number of benzene rings is 2. The number of carbonyl (C=O) groups excluding carboxylic acids is 3. The topological polar surface area (TPSA) is 95.7 Å². The van der Waals surface area contributed by atoms with Crippen LogP contribution in [0.15, 0.2) is 54.6 Å². The van der Waals surface area contributed by atoms with Gasteiger partial charge in [-0.25, -0.2) is 0 Å². The largest absolute Gasteiger partial charge is 0.369 e. The van der Waals surface area contributed by atoms with Crippen LogP contribution in [0.1, 0.15) is 72.1 Å². The predicted octanol–water partition coefficient (Wildman–Crippen LogP) is 5.80. The van der Waals surface area contributed by atoms with E-state index in [1.807, 2.05) is 74.2 Å². The van der Waals surface area contributed by atoms with Crippen LogP contribution in [-0.2, 0) is 14.4 Å². The summed E-state index contributed by atoms with van der Waals surface area (Å²) in [7, 11) is 0. The second-order valence-corrected chi connectivity index (χ2v) is 12.0. The maximum atomic E-state index is 14.4. The van der Waals surface area contributed by atoms with Crippen molar-refractivity contribution >= 4 is 34.8 Å². The van der Waals surface area contributed by atoms with Gasteiger partial charge in [0.2, 0.25) is 11.8 Å². The molecular weight excluding hydrogens is 500 g/mol. The van der Waals surface area contributed by atoms with Crippen molar-refractivity contribution in [1.82, 2.24) is 5.32 Å². The number of para-hydroxylation sites is 3. The van der Waals surface area contributed by atoms with Crippen LogP contribution in [0.4, 0.5) is 17.1 Å². The number of amides is 3. The third-order valence-corrected chi connectivity index (χ3v) is 8.46. The van der Waals surface area contributed by atoms with Crippen LogP contribution < -0.4 is 20.9 Å². The van der Waals surface area contributed by atoms with Crippen LogP contribution in [0.25, 0.3) is 0 Å². The molecule has 216 valence electrons. The molecule has 3 amide bonds. The van der Waals surface area contributed by atoms with Gasteiger partial charge in [0.1, 0.15) is 6.04 Å². The Hall–Kier alpha value is -3.35. The molecule has 2 aromatic carbocycles. The standard InChI is InChI=1S/C33H46N4O3/c1-4-13-26(31(34)38)27(20-23(2)3)32(39)35-28-22-36(25-16-9-6-10-17-25)29-18-11-12-19-30(29)37(33(28)40)21-24-14-7-5-8-15-24/h6,9-12,16-19,23-24,26-28H,4-5,7-8,13-15,20-22H2,1-3H3,(H2,34,38)(H,35,39)/t26-,27+,28?/m0/s1. The summed E-state index contributed by atoms with van der Waals surface area (Å²) >= 11 is 0. The molecule has 1 heterocycles. The third kappa shape index (κ3) is 7.04. The maximum Gasteiger partial charge on any atom is 0.251 e. The first-order valence-electron chi connectivity index (χ1n) is 15.1. The zero-order chi connectivity index (χ0) is 28.6. The number of fused-ring (bicyclic) bond motifs is 1. The number of carbonyl (C=O) groups is 3. The van der Waals surface area contributed by atoms with Crippen molar-refractivity contribution in [2.24, 2.45) is 29.4 Å². The molecule has 7 heteroatoms. The zero-order valence-corrected chi connectivity index (χ0v) is 24.4. The molecule has 40 heavy (non-hydrogen) atoms. The third-order valence-electron chi connectivity index (χ3n) is 8.46. The van der Waals surface area contributed by atoms with Crippen LogP contribution in [-0.4, -0.2) is 36.9 Å². The first kappa shape index (κ1) is 29.6. The molecule has 4 rings (SSSR count). The van der Waals surface area contributed by atoms with Gasteiger partial charge in [-0.15, -0.1) is 0 Å². The van der Waals surface area contributed by atoms with Crippen LogP contribution in [0.3, 0.4) is 0 Å². The van der Waals surface area contributed by atoms with Gasteiger partial charge in [-0.2, -0.15) is 0 Å². The highest BCUT2D eigenvalue weighted by molar-refractivity contribution is 6.04. The van der Waals surface area contributed by atoms with E-state index < -0.39 is 23.8 Å². The van der Waals surface area contributed by atoms with E-state index in [0.29, 0.717) is 31.8 Å². The van der Waals surface area contributed by atoms with Crippen LogP contribution in [0.2, 0.25) is 0 Å². The molecule has 1 saturated carbocycles. The molecule has 1 unspecified atom stereocenters. The predicted molar refractivity (Wildman–Crippen MR) is 161 cm³/mol. The van der Waals surface area contributed by atoms with Crippen LogP contribution >= 0.6 is 0 Å². The molecular formula is C33H46N4O3. The molecule has 0 saturated heterocycles. The Balaban J connectivity index is 1.71.